The SMILES string of the molecule is C=CCN(C#Cc1ccccc1OC)S(C)(=O)=O. The fourth-order valence-electron chi connectivity index (χ4n) is 1.25. The highest BCUT2D eigenvalue weighted by Gasteiger charge is 2.10. The third kappa shape index (κ3) is 3.82. The van der Waals surface area contributed by atoms with Crippen molar-refractivity contribution in [2.45, 2.75) is 0 Å². The molecule has 0 aliphatic carbocycles. The first-order valence-electron chi connectivity index (χ1n) is 5.22. The van der Waals surface area contributed by atoms with E-state index in [0.29, 0.717) is 11.3 Å². The monoisotopic (exact) mass is 265 g/mol. The van der Waals surface area contributed by atoms with Crippen LogP contribution in [0.15, 0.2) is 36.9 Å². The largest absolute Gasteiger partial charge is 0.495 e. The van der Waals surface area contributed by atoms with E-state index in [1.807, 2.05) is 12.1 Å². The molecule has 0 aliphatic heterocycles. The average molecular weight is 265 g/mol. The van der Waals surface area contributed by atoms with Gasteiger partial charge in [0.15, 0.2) is 0 Å². The predicted octanol–water partition coefficient (Wildman–Crippen LogP) is 1.45. The van der Waals surface area contributed by atoms with E-state index in [2.05, 4.69) is 18.5 Å². The molecule has 0 aromatic heterocycles. The van der Waals surface area contributed by atoms with Crippen LogP contribution in [0.1, 0.15) is 5.56 Å². The van der Waals surface area contributed by atoms with E-state index in [4.69, 9.17) is 4.74 Å². The van der Waals surface area contributed by atoms with Gasteiger partial charge in [0.05, 0.1) is 25.5 Å². The van der Waals surface area contributed by atoms with E-state index in [9.17, 15) is 8.42 Å². The van der Waals surface area contributed by atoms with E-state index in [1.54, 1.807) is 19.2 Å². The number of ether oxygens (including phenoxy) is 1. The van der Waals surface area contributed by atoms with Crippen LogP contribution in [0.2, 0.25) is 0 Å². The van der Waals surface area contributed by atoms with Crippen molar-refractivity contribution in [3.63, 3.8) is 0 Å². The van der Waals surface area contributed by atoms with Crippen molar-refractivity contribution >= 4 is 10.0 Å². The van der Waals surface area contributed by atoms with Gasteiger partial charge in [-0.15, -0.1) is 6.58 Å². The molecular weight excluding hydrogens is 250 g/mol. The molecule has 5 heteroatoms. The van der Waals surface area contributed by atoms with Crippen LogP contribution in [-0.2, 0) is 10.0 Å². The number of benzene rings is 1. The Morgan fingerprint density at radius 2 is 2.11 bits per heavy atom. The van der Waals surface area contributed by atoms with E-state index in [0.717, 1.165) is 10.6 Å². The summed E-state index contributed by atoms with van der Waals surface area (Å²) in [7, 11) is -1.83. The minimum atomic E-state index is -3.37. The van der Waals surface area contributed by atoms with Gasteiger partial charge in [-0.1, -0.05) is 18.2 Å². The number of hydrogen-bond acceptors (Lipinski definition) is 3. The molecule has 0 saturated carbocycles. The maximum Gasteiger partial charge on any atom is 0.239 e. The minimum Gasteiger partial charge on any atom is -0.495 e. The van der Waals surface area contributed by atoms with Crippen LogP contribution in [0, 0.1) is 12.0 Å². The highest BCUT2D eigenvalue weighted by molar-refractivity contribution is 7.88. The number of para-hydroxylation sites is 1. The molecule has 0 saturated heterocycles. The Bertz CT molecular complexity index is 582. The molecule has 0 amide bonds. The van der Waals surface area contributed by atoms with Gasteiger partial charge in [0, 0.05) is 6.04 Å². The van der Waals surface area contributed by atoms with Gasteiger partial charge < -0.3 is 4.74 Å². The normalized spacial score (nSPS) is 10.1. The summed E-state index contributed by atoms with van der Waals surface area (Å²) in [6.45, 7) is 3.66. The van der Waals surface area contributed by atoms with E-state index in [1.165, 1.54) is 6.08 Å². The van der Waals surface area contributed by atoms with Crippen molar-refractivity contribution < 1.29 is 13.2 Å². The van der Waals surface area contributed by atoms with Gasteiger partial charge in [-0.2, -0.15) is 0 Å². The number of nitrogens with zero attached hydrogens (tertiary/aromatic N) is 1. The molecule has 0 N–H and O–H groups in total. The fourth-order valence-corrected chi connectivity index (χ4v) is 1.84. The summed E-state index contributed by atoms with van der Waals surface area (Å²) in [5.41, 5.74) is 0.637. The lowest BCUT2D eigenvalue weighted by Crippen LogP contribution is -2.25. The van der Waals surface area contributed by atoms with Crippen molar-refractivity contribution in [1.82, 2.24) is 4.31 Å². The van der Waals surface area contributed by atoms with Gasteiger partial charge in [0.2, 0.25) is 10.0 Å². The highest BCUT2D eigenvalue weighted by Crippen LogP contribution is 2.15. The van der Waals surface area contributed by atoms with Crippen LogP contribution in [0.5, 0.6) is 5.75 Å². The second kappa shape index (κ2) is 6.12. The molecule has 4 nitrogen and oxygen atoms in total. The van der Waals surface area contributed by atoms with Crippen LogP contribution >= 0.6 is 0 Å². The van der Waals surface area contributed by atoms with Gasteiger partial charge >= 0.3 is 0 Å². The first-order chi connectivity index (χ1) is 8.49. The molecule has 0 bridgehead atoms. The molecular formula is C13H15NO3S. The summed E-state index contributed by atoms with van der Waals surface area (Å²) in [4.78, 5) is 0. The lowest BCUT2D eigenvalue weighted by atomic mass is 10.2. The summed E-state index contributed by atoms with van der Waals surface area (Å²) in [6.07, 6.45) is 2.59. The number of rotatable bonds is 4. The molecule has 0 heterocycles. The molecule has 0 fully saturated rings. The van der Waals surface area contributed by atoms with E-state index in [-0.39, 0.29) is 6.54 Å². The Hall–Kier alpha value is -1.93. The van der Waals surface area contributed by atoms with E-state index >= 15 is 0 Å². The number of sulfonamides is 1. The first kappa shape index (κ1) is 14.1. The molecule has 18 heavy (non-hydrogen) atoms. The zero-order chi connectivity index (χ0) is 13.6. The minimum absolute atomic E-state index is 0.154. The molecule has 1 aromatic carbocycles. The summed E-state index contributed by atoms with van der Waals surface area (Å²) < 4.78 is 29.0. The van der Waals surface area contributed by atoms with Crippen molar-refractivity contribution in [3.05, 3.63) is 42.5 Å². The van der Waals surface area contributed by atoms with Crippen molar-refractivity contribution in [2.75, 3.05) is 19.9 Å². The Balaban J connectivity index is 3.08. The Morgan fingerprint density at radius 3 is 2.67 bits per heavy atom. The molecule has 1 rings (SSSR count). The summed E-state index contributed by atoms with van der Waals surface area (Å²) >= 11 is 0. The summed E-state index contributed by atoms with van der Waals surface area (Å²) in [5, 5.41) is 0. The Kier molecular flexibility index (Phi) is 4.81. The number of hydrogen-bond donors (Lipinski definition) is 0. The van der Waals surface area contributed by atoms with Crippen molar-refractivity contribution in [3.8, 4) is 17.7 Å². The van der Waals surface area contributed by atoms with Crippen LogP contribution in [-0.4, -0.2) is 32.6 Å². The zero-order valence-electron chi connectivity index (χ0n) is 10.4. The van der Waals surface area contributed by atoms with Gasteiger partial charge in [-0.3, -0.25) is 0 Å². The van der Waals surface area contributed by atoms with Crippen molar-refractivity contribution in [1.29, 1.82) is 0 Å². The number of methoxy groups -OCH3 is 1. The van der Waals surface area contributed by atoms with Crippen LogP contribution in [0.3, 0.4) is 0 Å². The second-order valence-electron chi connectivity index (χ2n) is 3.52. The smallest absolute Gasteiger partial charge is 0.239 e. The van der Waals surface area contributed by atoms with E-state index < -0.39 is 10.0 Å². The van der Waals surface area contributed by atoms with Crippen molar-refractivity contribution in [2.24, 2.45) is 0 Å². The second-order valence-corrected chi connectivity index (χ2v) is 5.43. The molecule has 0 atom stereocenters. The topological polar surface area (TPSA) is 46.6 Å². The standard InChI is InChI=1S/C13H15NO3S/c1-4-10-14(18(3,15)16)11-9-12-7-5-6-8-13(12)17-2/h4-8H,1,10H2,2-3H3. The summed E-state index contributed by atoms with van der Waals surface area (Å²) in [5.74, 6) is 3.39. The zero-order valence-corrected chi connectivity index (χ0v) is 11.2. The van der Waals surface area contributed by atoms with Crippen LogP contribution in [0.4, 0.5) is 0 Å². The lowest BCUT2D eigenvalue weighted by molar-refractivity contribution is 0.413. The molecule has 96 valence electrons. The lowest BCUT2D eigenvalue weighted by Gasteiger charge is -2.11. The van der Waals surface area contributed by atoms with Gasteiger partial charge in [-0.25, -0.2) is 12.7 Å². The maximum atomic E-state index is 11.4. The summed E-state index contributed by atoms with van der Waals surface area (Å²) in [6, 6.07) is 9.76. The third-order valence-corrected chi connectivity index (χ3v) is 3.16. The average Bonchev–Trinajstić information content (AvgIpc) is 2.33. The molecule has 0 spiro atoms. The highest BCUT2D eigenvalue weighted by atomic mass is 32.2. The fraction of sp³-hybridized carbons (Fsp3) is 0.231. The quantitative estimate of drug-likeness (QED) is 0.470. The van der Waals surface area contributed by atoms with Crippen LogP contribution < -0.4 is 4.74 Å². The van der Waals surface area contributed by atoms with Crippen LogP contribution in [0.25, 0.3) is 0 Å². The third-order valence-electron chi connectivity index (χ3n) is 2.12. The van der Waals surface area contributed by atoms with Gasteiger partial charge in [0.1, 0.15) is 5.75 Å². The molecule has 1 aromatic rings. The Labute approximate surface area is 108 Å². The van der Waals surface area contributed by atoms with Gasteiger partial charge in [-0.05, 0) is 18.1 Å². The molecule has 0 unspecified atom stereocenters. The maximum absolute atomic E-state index is 11.4. The molecule has 0 radical (unpaired) electrons. The molecule has 0 aliphatic rings. The first-order valence-corrected chi connectivity index (χ1v) is 7.07. The predicted molar refractivity (Wildman–Crippen MR) is 71.6 cm³/mol. The Morgan fingerprint density at radius 1 is 1.44 bits per heavy atom. The van der Waals surface area contributed by atoms with Gasteiger partial charge in [0.25, 0.3) is 0 Å².